The maximum atomic E-state index is 12.4. The second-order valence-corrected chi connectivity index (χ2v) is 5.68. The predicted molar refractivity (Wildman–Crippen MR) is 71.8 cm³/mol. The average Bonchev–Trinajstić information content (AvgIpc) is 2.39. The van der Waals surface area contributed by atoms with Crippen molar-refractivity contribution in [3.05, 3.63) is 30.1 Å². The molecule has 0 N–H and O–H groups in total. The van der Waals surface area contributed by atoms with Crippen LogP contribution >= 0.6 is 0 Å². The molecule has 4 nitrogen and oxygen atoms in total. The topological polar surface area (TPSA) is 42.4 Å². The summed E-state index contributed by atoms with van der Waals surface area (Å²) in [5.74, 6) is 0.549. The highest BCUT2D eigenvalue weighted by Crippen LogP contribution is 2.31. The van der Waals surface area contributed by atoms with Gasteiger partial charge in [-0.15, -0.1) is 0 Å². The van der Waals surface area contributed by atoms with E-state index in [9.17, 15) is 4.79 Å². The molecule has 3 heterocycles. The van der Waals surface area contributed by atoms with E-state index in [1.54, 1.807) is 12.4 Å². The number of carbonyl (C=O) groups is 1. The van der Waals surface area contributed by atoms with Crippen LogP contribution in [0.25, 0.3) is 0 Å². The number of fused-ring (bicyclic) bond motifs is 2. The van der Waals surface area contributed by atoms with Crippen LogP contribution in [0.5, 0.6) is 0 Å². The van der Waals surface area contributed by atoms with Crippen LogP contribution in [0.2, 0.25) is 0 Å². The number of Topliss-reactive ketones (excluding diaryl/α,β-unsaturated/α-hetero) is 1. The molecule has 2 fully saturated rings. The van der Waals surface area contributed by atoms with E-state index in [2.05, 4.69) is 16.9 Å². The molecule has 3 rings (SSSR count). The molecule has 0 spiro atoms. The summed E-state index contributed by atoms with van der Waals surface area (Å²) in [4.78, 5) is 18.9. The van der Waals surface area contributed by atoms with Crippen LogP contribution in [0.1, 0.15) is 18.4 Å². The standard InChI is InChI=1S/C15H20N2O2/c1-17-13-6-12(7-14(17)10-19-9-13)15(18)5-11-3-2-4-16-8-11/h2-4,8,12-14H,5-7,9-10H2,1H3. The summed E-state index contributed by atoms with van der Waals surface area (Å²) in [5, 5.41) is 0. The molecule has 0 radical (unpaired) electrons. The number of rotatable bonds is 3. The van der Waals surface area contributed by atoms with E-state index in [0.29, 0.717) is 24.3 Å². The molecule has 19 heavy (non-hydrogen) atoms. The number of pyridine rings is 1. The number of hydrogen-bond acceptors (Lipinski definition) is 4. The number of ether oxygens (including phenoxy) is 1. The van der Waals surface area contributed by atoms with Gasteiger partial charge in [-0.1, -0.05) is 6.07 Å². The van der Waals surface area contributed by atoms with E-state index in [1.807, 2.05) is 12.1 Å². The van der Waals surface area contributed by atoms with E-state index in [1.165, 1.54) is 0 Å². The van der Waals surface area contributed by atoms with E-state index < -0.39 is 0 Å². The maximum absolute atomic E-state index is 12.4. The largest absolute Gasteiger partial charge is 0.378 e. The lowest BCUT2D eigenvalue weighted by Crippen LogP contribution is -2.55. The molecule has 2 atom stereocenters. The predicted octanol–water partition coefficient (Wildman–Crippen LogP) is 1.30. The lowest BCUT2D eigenvalue weighted by Gasteiger charge is -2.46. The maximum Gasteiger partial charge on any atom is 0.140 e. The third-order valence-electron chi connectivity index (χ3n) is 4.44. The number of piperidine rings is 1. The van der Waals surface area contributed by atoms with Crippen LogP contribution < -0.4 is 0 Å². The highest BCUT2D eigenvalue weighted by molar-refractivity contribution is 5.83. The van der Waals surface area contributed by atoms with Gasteiger partial charge in [0.05, 0.1) is 13.2 Å². The number of likely N-dealkylation sites (N-methyl/N-ethyl adjacent to an activating group) is 1. The third kappa shape index (κ3) is 2.69. The Bertz CT molecular complexity index is 435. The number of hydrogen-bond donors (Lipinski definition) is 0. The number of ketones is 1. The number of morpholine rings is 1. The lowest BCUT2D eigenvalue weighted by molar-refractivity contribution is -0.130. The van der Waals surface area contributed by atoms with Crippen molar-refractivity contribution < 1.29 is 9.53 Å². The first-order chi connectivity index (χ1) is 9.24. The van der Waals surface area contributed by atoms with Gasteiger partial charge in [0.15, 0.2) is 0 Å². The first-order valence-corrected chi connectivity index (χ1v) is 6.95. The fraction of sp³-hybridized carbons (Fsp3) is 0.600. The monoisotopic (exact) mass is 260 g/mol. The average molecular weight is 260 g/mol. The van der Waals surface area contributed by atoms with Crippen molar-refractivity contribution in [2.75, 3.05) is 20.3 Å². The Morgan fingerprint density at radius 1 is 1.42 bits per heavy atom. The molecule has 1 aromatic heterocycles. The Kier molecular flexibility index (Phi) is 3.62. The SMILES string of the molecule is CN1C2COCC1CC(C(=O)Cc1cccnc1)C2. The minimum absolute atomic E-state index is 0.190. The number of carbonyl (C=O) groups excluding carboxylic acids is 1. The molecule has 2 saturated heterocycles. The van der Waals surface area contributed by atoms with Crippen molar-refractivity contribution in [1.82, 2.24) is 9.88 Å². The van der Waals surface area contributed by atoms with Gasteiger partial charge >= 0.3 is 0 Å². The Morgan fingerprint density at radius 2 is 2.16 bits per heavy atom. The summed E-state index contributed by atoms with van der Waals surface area (Å²) in [5.41, 5.74) is 1.02. The molecule has 0 saturated carbocycles. The molecule has 102 valence electrons. The number of aromatic nitrogens is 1. The van der Waals surface area contributed by atoms with Crippen molar-refractivity contribution in [2.24, 2.45) is 5.92 Å². The fourth-order valence-corrected chi connectivity index (χ4v) is 3.21. The van der Waals surface area contributed by atoms with Crippen LogP contribution in [0.3, 0.4) is 0 Å². The Labute approximate surface area is 113 Å². The first-order valence-electron chi connectivity index (χ1n) is 6.95. The second-order valence-electron chi connectivity index (χ2n) is 5.68. The summed E-state index contributed by atoms with van der Waals surface area (Å²) in [6.07, 6.45) is 5.92. The zero-order valence-electron chi connectivity index (χ0n) is 11.3. The van der Waals surface area contributed by atoms with Crippen LogP contribution in [0.4, 0.5) is 0 Å². The molecule has 0 aromatic carbocycles. The molecule has 1 aromatic rings. The molecular formula is C15H20N2O2. The third-order valence-corrected chi connectivity index (χ3v) is 4.44. The van der Waals surface area contributed by atoms with Gasteiger partial charge in [-0.05, 0) is 31.5 Å². The van der Waals surface area contributed by atoms with E-state index in [0.717, 1.165) is 31.6 Å². The van der Waals surface area contributed by atoms with E-state index >= 15 is 0 Å². The van der Waals surface area contributed by atoms with Gasteiger partial charge in [0.25, 0.3) is 0 Å². The quantitative estimate of drug-likeness (QED) is 0.821. The van der Waals surface area contributed by atoms with Crippen molar-refractivity contribution in [2.45, 2.75) is 31.3 Å². The summed E-state index contributed by atoms with van der Waals surface area (Å²) >= 11 is 0. The van der Waals surface area contributed by atoms with E-state index in [-0.39, 0.29) is 5.92 Å². The molecule has 2 aliphatic heterocycles. The van der Waals surface area contributed by atoms with Gasteiger partial charge in [-0.25, -0.2) is 0 Å². The molecule has 4 heteroatoms. The summed E-state index contributed by atoms with van der Waals surface area (Å²) in [6.45, 7) is 1.54. The van der Waals surface area contributed by atoms with E-state index in [4.69, 9.17) is 4.74 Å². The first kappa shape index (κ1) is 12.8. The van der Waals surface area contributed by atoms with Crippen LogP contribution in [0.15, 0.2) is 24.5 Å². The highest BCUT2D eigenvalue weighted by atomic mass is 16.5. The molecule has 2 aliphatic rings. The minimum atomic E-state index is 0.190. The van der Waals surface area contributed by atoms with Crippen molar-refractivity contribution in [3.8, 4) is 0 Å². The van der Waals surface area contributed by atoms with Crippen molar-refractivity contribution >= 4 is 5.78 Å². The Balaban J connectivity index is 1.65. The molecular weight excluding hydrogens is 240 g/mol. The Morgan fingerprint density at radius 3 is 2.79 bits per heavy atom. The number of nitrogens with zero attached hydrogens (tertiary/aromatic N) is 2. The summed E-state index contributed by atoms with van der Waals surface area (Å²) in [6, 6.07) is 4.69. The lowest BCUT2D eigenvalue weighted by atomic mass is 9.81. The van der Waals surface area contributed by atoms with Crippen LogP contribution in [0, 0.1) is 5.92 Å². The summed E-state index contributed by atoms with van der Waals surface area (Å²) < 4.78 is 5.59. The van der Waals surface area contributed by atoms with Crippen molar-refractivity contribution in [3.63, 3.8) is 0 Å². The zero-order valence-corrected chi connectivity index (χ0v) is 11.3. The van der Waals surface area contributed by atoms with Gasteiger partial charge < -0.3 is 4.74 Å². The summed E-state index contributed by atoms with van der Waals surface area (Å²) in [7, 11) is 2.15. The van der Waals surface area contributed by atoms with Crippen molar-refractivity contribution in [1.29, 1.82) is 0 Å². The second kappa shape index (κ2) is 5.39. The molecule has 2 unspecified atom stereocenters. The molecule has 0 aliphatic carbocycles. The fourth-order valence-electron chi connectivity index (χ4n) is 3.21. The smallest absolute Gasteiger partial charge is 0.140 e. The normalized spacial score (nSPS) is 31.1. The molecule has 0 amide bonds. The van der Waals surface area contributed by atoms with Gasteiger partial charge in [-0.3, -0.25) is 14.7 Å². The Hall–Kier alpha value is -1.26. The molecule has 2 bridgehead atoms. The highest BCUT2D eigenvalue weighted by Gasteiger charge is 2.39. The zero-order chi connectivity index (χ0) is 13.2. The minimum Gasteiger partial charge on any atom is -0.378 e. The van der Waals surface area contributed by atoms with Gasteiger partial charge in [0.2, 0.25) is 0 Å². The van der Waals surface area contributed by atoms with Crippen LogP contribution in [-0.4, -0.2) is 48.0 Å². The van der Waals surface area contributed by atoms with Gasteiger partial charge in [0, 0.05) is 36.8 Å². The van der Waals surface area contributed by atoms with Crippen LogP contribution in [-0.2, 0) is 16.0 Å². The van der Waals surface area contributed by atoms with Gasteiger partial charge in [0.1, 0.15) is 5.78 Å². The van der Waals surface area contributed by atoms with Gasteiger partial charge in [-0.2, -0.15) is 0 Å².